The van der Waals surface area contributed by atoms with Gasteiger partial charge in [-0.05, 0) is 184 Å². The smallest absolute Gasteiger partial charge is 0.143 e. The summed E-state index contributed by atoms with van der Waals surface area (Å²) in [7, 11) is 2.50. The van der Waals surface area contributed by atoms with Crippen molar-refractivity contribution < 1.29 is 27.9 Å². The summed E-state index contributed by atoms with van der Waals surface area (Å²) in [6, 6.07) is 156. The molecule has 0 unspecified atom stereocenters. The number of rotatable bonds is 9. The highest BCUT2D eigenvalue weighted by Gasteiger charge is 2.24. The van der Waals surface area contributed by atoms with E-state index in [-0.39, 0.29) is 0 Å². The third-order valence-electron chi connectivity index (χ3n) is 23.6. The van der Waals surface area contributed by atoms with Crippen molar-refractivity contribution in [1.82, 2.24) is 0 Å². The zero-order chi connectivity index (χ0) is 89.3. The Kier molecular flexibility index (Phi) is 17.0. The van der Waals surface area contributed by atoms with Crippen molar-refractivity contribution in [3.63, 3.8) is 0 Å². The average Bonchev–Trinajstić information content (AvgIpc) is 1.64. The lowest BCUT2D eigenvalue weighted by molar-refractivity contribution is 0.669. The van der Waals surface area contributed by atoms with Crippen molar-refractivity contribution in [2.75, 3.05) is 0 Å². The largest absolute Gasteiger partial charge is 0.455 e. The van der Waals surface area contributed by atoms with E-state index in [2.05, 4.69) is 419 Å². The third kappa shape index (κ3) is 12.5. The number of hydrogen-bond acceptors (Lipinski definition) is 3. The quantitative estimate of drug-likeness (QED) is 0.135. The minimum atomic E-state index is 0.909. The van der Waals surface area contributed by atoms with E-state index in [9.17, 15) is 0 Å². The molecule has 0 saturated heterocycles. The average molecular weight is 1540 g/mol. The number of fused-ring (bicyclic) bond motifs is 15. The van der Waals surface area contributed by atoms with Crippen molar-refractivity contribution in [3.8, 4) is 100 Å². The van der Waals surface area contributed by atoms with Gasteiger partial charge in [-0.2, -0.15) is 0 Å². The normalized spacial score (nSPS) is 11.8. The molecule has 3 aromatic heterocycles. The molecule has 24 rings (SSSR count). The van der Waals surface area contributed by atoms with E-state index in [0.29, 0.717) is 0 Å². The van der Waals surface area contributed by atoms with Crippen molar-refractivity contribution in [1.29, 1.82) is 0 Å². The van der Waals surface area contributed by atoms with Gasteiger partial charge in [-0.3, -0.25) is 0 Å². The lowest BCUT2D eigenvalue weighted by Gasteiger charge is -2.17. The lowest BCUT2D eigenvalue weighted by Crippen LogP contribution is -1.90. The fourth-order valence-electron chi connectivity index (χ4n) is 18.5. The van der Waals surface area contributed by atoms with Crippen LogP contribution in [0.25, 0.3) is 231 Å². The summed E-state index contributed by atoms with van der Waals surface area (Å²) >= 11 is 0. The van der Waals surface area contributed by atoms with Crippen LogP contribution in [0.1, 0.15) is 29.4 Å². The maximum Gasteiger partial charge on any atom is 0.143 e. The topological polar surface area (TPSA) is 39.4 Å². The van der Waals surface area contributed by atoms with Gasteiger partial charge < -0.3 is 13.3 Å². The highest BCUT2D eigenvalue weighted by molar-refractivity contribution is 6.26. The molecule has 0 fully saturated rings. The summed E-state index contributed by atoms with van der Waals surface area (Å²) in [5, 5.41) is 22.0. The van der Waals surface area contributed by atoms with Crippen LogP contribution in [0.15, 0.2) is 450 Å². The molecule has 0 aliphatic heterocycles. The molecule has 0 saturated carbocycles. The van der Waals surface area contributed by atoms with Gasteiger partial charge >= 0.3 is 0 Å². The first kappa shape index (κ1) is 65.9. The van der Waals surface area contributed by atoms with Gasteiger partial charge in [0.25, 0.3) is 0 Å². The Morgan fingerprint density at radius 2 is 0.319 bits per heavy atom. The van der Waals surface area contributed by atoms with Crippen molar-refractivity contribution in [2.45, 2.75) is 14.8 Å². The molecule has 3 nitrogen and oxygen atoms in total. The molecule has 0 spiro atoms. The maximum absolute atomic E-state index is 6.48. The van der Waals surface area contributed by atoms with Gasteiger partial charge in [-0.1, -0.05) is 415 Å². The summed E-state index contributed by atoms with van der Waals surface area (Å²) in [6.07, 6.45) is 0. The zero-order valence-corrected chi connectivity index (χ0v) is 65.8. The van der Waals surface area contributed by atoms with Crippen LogP contribution in [0.2, 0.25) is 0 Å². The van der Waals surface area contributed by atoms with Gasteiger partial charge in [0.05, 0.1) is 0 Å². The Balaban J connectivity index is 0.000000134. The van der Waals surface area contributed by atoms with E-state index in [0.717, 1.165) is 99.2 Å². The molecule has 3 heterocycles. The maximum atomic E-state index is 6.48. The molecular weight excluding hydrogens is 1440 g/mol. The van der Waals surface area contributed by atoms with Crippen LogP contribution in [0.5, 0.6) is 0 Å². The van der Waals surface area contributed by atoms with Gasteiger partial charge in [0.15, 0.2) is 0 Å². The fraction of sp³-hybridized carbons (Fsp3) is 0.0172. The van der Waals surface area contributed by atoms with Crippen LogP contribution in [-0.2, 0) is 0 Å². The second kappa shape index (κ2) is 30.7. The van der Waals surface area contributed by atoms with Gasteiger partial charge in [-0.15, -0.1) is 0 Å². The highest BCUT2D eigenvalue weighted by Crippen LogP contribution is 2.50. The monoisotopic (exact) mass is 1540 g/mol. The first-order valence-electron chi connectivity index (χ1n) is 46.1. The molecule has 0 amide bonds. The minimum absolute atomic E-state index is 0.909. The van der Waals surface area contributed by atoms with Gasteiger partial charge in [-0.25, -0.2) is 0 Å². The van der Waals surface area contributed by atoms with Crippen molar-refractivity contribution in [2.24, 2.45) is 0 Å². The van der Waals surface area contributed by atoms with Crippen molar-refractivity contribution >= 4 is 130 Å². The third-order valence-corrected chi connectivity index (χ3v) is 23.6. The molecule has 0 N–H and O–H groups in total. The molecule has 570 valence electrons. The zero-order valence-electron chi connectivity index (χ0n) is 75.8. The van der Waals surface area contributed by atoms with Crippen LogP contribution < -0.4 is 0 Å². The second-order valence-corrected chi connectivity index (χ2v) is 30.2. The molecule has 0 atom stereocenters. The number of hydrogen-bond donors (Lipinski definition) is 0. The molecular formula is C116H88O3. The van der Waals surface area contributed by atoms with Crippen LogP contribution in [-0.4, -0.2) is 0 Å². The van der Waals surface area contributed by atoms with Crippen LogP contribution in [0.3, 0.4) is 0 Å². The molecule has 21 aromatic carbocycles. The predicted octanol–water partition coefficient (Wildman–Crippen LogP) is 34.9. The Labute approximate surface area is 706 Å². The van der Waals surface area contributed by atoms with Crippen LogP contribution in [0, 0.1) is 0 Å². The standard InChI is InChI=1S/3C38H24O.2CH4.4H2/c3*1-3-12-25(13-4-1)28-20-11-21-33-34-24-27(22-23-35(34)39-38(28)33)37-31-18-9-7-16-29(31)36(26-14-5-2-6-15-26)30-17-8-10-19-32(30)37;;;;;;/h3*1-24H;2*1H4;4*1H/i;;;2*1D;4*1+1D. The number of furan rings is 3. The molecule has 0 bridgehead atoms. The van der Waals surface area contributed by atoms with Gasteiger partial charge in [0, 0.05) is 63.6 Å². The summed E-state index contributed by atoms with van der Waals surface area (Å²) in [5.74, 6) is 0. The summed E-state index contributed by atoms with van der Waals surface area (Å²) in [4.78, 5) is 0. The SMILES string of the molecule is [2H]C.[2H]C.[2H][2H].[2H][2H].[2H][2H].[2H][2H].c1ccc(-c2c3ccccc3c(-c3ccc4oc5c(-c6ccccc6)cccc5c4c3)c3ccccc23)cc1.c1ccc(-c2c3ccccc3c(-c3ccc4oc5c(-c6ccccc6)cccc5c4c3)c3ccccc23)cc1.c1ccc(-c2c3ccccc3c(-c3ccc4oc5c(-c6ccccc6)cccc5c4c3)c3ccccc23)cc1. The summed E-state index contributed by atoms with van der Waals surface area (Å²) < 4.78 is 70.9. The Morgan fingerprint density at radius 3 is 0.521 bits per heavy atom. The molecule has 24 aromatic rings. The summed E-state index contributed by atoms with van der Waals surface area (Å²) in [5.41, 5.74) is 27.3. The lowest BCUT2D eigenvalue weighted by atomic mass is 9.86. The van der Waals surface area contributed by atoms with E-state index in [4.69, 9.17) is 27.9 Å². The molecule has 0 radical (unpaired) electrons. The number of benzene rings is 21. The first-order chi connectivity index (χ1) is 64.1. The molecule has 119 heavy (non-hydrogen) atoms. The Hall–Kier alpha value is -15.4. The Bertz CT molecular complexity index is 7090. The molecule has 3 heteroatoms. The van der Waals surface area contributed by atoms with E-state index in [1.54, 1.807) is 0 Å². The second-order valence-electron chi connectivity index (χ2n) is 30.2. The Morgan fingerprint density at radius 1 is 0.151 bits per heavy atom. The van der Waals surface area contributed by atoms with E-state index < -0.39 is 0 Å². The van der Waals surface area contributed by atoms with E-state index in [1.807, 2.05) is 18.2 Å². The van der Waals surface area contributed by atoms with Crippen molar-refractivity contribution in [3.05, 3.63) is 437 Å². The van der Waals surface area contributed by atoms with Gasteiger partial charge in [0.2, 0.25) is 0 Å². The summed E-state index contributed by atoms with van der Waals surface area (Å²) in [6.45, 7) is 0. The van der Waals surface area contributed by atoms with E-state index >= 15 is 0 Å². The van der Waals surface area contributed by atoms with Gasteiger partial charge in [0.1, 0.15) is 33.5 Å². The predicted molar refractivity (Wildman–Crippen MR) is 517 cm³/mol. The van der Waals surface area contributed by atoms with Crippen LogP contribution >= 0.6 is 0 Å². The number of para-hydroxylation sites is 3. The van der Waals surface area contributed by atoms with Crippen LogP contribution in [0.4, 0.5) is 0 Å². The highest BCUT2D eigenvalue weighted by atomic mass is 16.3. The van der Waals surface area contributed by atoms with E-state index in [1.165, 1.54) is 146 Å². The first-order valence-corrected chi connectivity index (χ1v) is 40.1. The minimum Gasteiger partial charge on any atom is -0.455 e. The molecule has 0 aliphatic carbocycles. The molecule has 0 aliphatic rings. The fourth-order valence-corrected chi connectivity index (χ4v) is 18.5.